The smallest absolute Gasteiger partial charge is 0.0267 e. The molecule has 2 heterocycles. The summed E-state index contributed by atoms with van der Waals surface area (Å²) >= 11 is 0. The van der Waals surface area contributed by atoms with Gasteiger partial charge in [0, 0.05) is 37.6 Å². The molecule has 0 saturated carbocycles. The van der Waals surface area contributed by atoms with E-state index in [1.54, 1.807) is 12.4 Å². The number of hydrogen-bond donors (Lipinski definition) is 1. The molecule has 16 heavy (non-hydrogen) atoms. The molecule has 0 spiro atoms. The number of nitrogens with one attached hydrogen (secondary N) is 1. The van der Waals surface area contributed by atoms with E-state index in [0.717, 1.165) is 13.1 Å². The monoisotopic (exact) mass is 221 g/mol. The molecule has 1 aliphatic heterocycles. The van der Waals surface area contributed by atoms with Crippen molar-refractivity contribution < 1.29 is 0 Å². The van der Waals surface area contributed by atoms with Crippen molar-refractivity contribution in [1.29, 1.82) is 0 Å². The number of hydrogen-bond acceptors (Lipinski definition) is 3. The lowest BCUT2D eigenvalue weighted by molar-refractivity contribution is 0.124. The zero-order valence-electron chi connectivity index (χ0n) is 10.6. The van der Waals surface area contributed by atoms with E-state index in [2.05, 4.69) is 36.0 Å². The molecular formula is C13H23N3. The third-order valence-corrected chi connectivity index (χ3v) is 2.94. The van der Waals surface area contributed by atoms with E-state index in [1.165, 1.54) is 6.54 Å². The summed E-state index contributed by atoms with van der Waals surface area (Å²) in [5.41, 5.74) is 0. The topological polar surface area (TPSA) is 28.2 Å². The van der Waals surface area contributed by atoms with Gasteiger partial charge in [-0.2, -0.15) is 0 Å². The Bertz CT molecular complexity index is 226. The van der Waals surface area contributed by atoms with Crippen molar-refractivity contribution in [2.24, 2.45) is 0 Å². The molecule has 2 atom stereocenters. The van der Waals surface area contributed by atoms with Gasteiger partial charge >= 0.3 is 0 Å². The second-order valence-electron chi connectivity index (χ2n) is 4.21. The maximum absolute atomic E-state index is 3.78. The molecule has 0 aliphatic carbocycles. The summed E-state index contributed by atoms with van der Waals surface area (Å²) < 4.78 is 0. The molecule has 1 aromatic rings. The maximum Gasteiger partial charge on any atom is 0.0267 e. The third kappa shape index (κ3) is 4.29. The lowest BCUT2D eigenvalue weighted by Crippen LogP contribution is -2.54. The Morgan fingerprint density at radius 1 is 1.12 bits per heavy atom. The standard InChI is InChI=1S/C8H18N2.C5H5N/c1-4-10-7(2)5-9-6-8(10)3;1-2-4-6-5-3-1/h7-9H,4-6H2,1-3H3;1-5H. The highest BCUT2D eigenvalue weighted by Crippen LogP contribution is 2.07. The zero-order valence-corrected chi connectivity index (χ0v) is 10.6. The first-order valence-corrected chi connectivity index (χ1v) is 6.07. The van der Waals surface area contributed by atoms with Gasteiger partial charge in [0.15, 0.2) is 0 Å². The fourth-order valence-corrected chi connectivity index (χ4v) is 2.11. The third-order valence-electron chi connectivity index (χ3n) is 2.94. The van der Waals surface area contributed by atoms with Gasteiger partial charge in [-0.05, 0) is 32.5 Å². The van der Waals surface area contributed by atoms with Crippen molar-refractivity contribution in [2.75, 3.05) is 19.6 Å². The number of aromatic nitrogens is 1. The summed E-state index contributed by atoms with van der Waals surface area (Å²) in [5.74, 6) is 0. The fraction of sp³-hybridized carbons (Fsp3) is 0.615. The SMILES string of the molecule is CCN1C(C)CNCC1C.c1ccncc1. The molecule has 3 heteroatoms. The lowest BCUT2D eigenvalue weighted by Gasteiger charge is -2.38. The van der Waals surface area contributed by atoms with Crippen LogP contribution in [0.4, 0.5) is 0 Å². The van der Waals surface area contributed by atoms with Crippen molar-refractivity contribution in [3.8, 4) is 0 Å². The lowest BCUT2D eigenvalue weighted by atomic mass is 10.1. The van der Waals surface area contributed by atoms with Crippen molar-refractivity contribution in [3.63, 3.8) is 0 Å². The predicted molar refractivity (Wildman–Crippen MR) is 68.4 cm³/mol. The summed E-state index contributed by atoms with van der Waals surface area (Å²) in [7, 11) is 0. The Morgan fingerprint density at radius 3 is 1.94 bits per heavy atom. The largest absolute Gasteiger partial charge is 0.314 e. The quantitative estimate of drug-likeness (QED) is 0.783. The highest BCUT2D eigenvalue weighted by molar-refractivity contribution is 4.88. The van der Waals surface area contributed by atoms with Crippen LogP contribution in [0.3, 0.4) is 0 Å². The van der Waals surface area contributed by atoms with Gasteiger partial charge in [-0.25, -0.2) is 0 Å². The molecule has 0 aromatic carbocycles. The van der Waals surface area contributed by atoms with Crippen LogP contribution >= 0.6 is 0 Å². The number of nitrogens with zero attached hydrogens (tertiary/aromatic N) is 2. The zero-order chi connectivity index (χ0) is 11.8. The van der Waals surface area contributed by atoms with E-state index >= 15 is 0 Å². The molecule has 1 aromatic heterocycles. The van der Waals surface area contributed by atoms with E-state index in [-0.39, 0.29) is 0 Å². The second-order valence-corrected chi connectivity index (χ2v) is 4.21. The average Bonchev–Trinajstić information content (AvgIpc) is 2.32. The Morgan fingerprint density at radius 2 is 1.69 bits per heavy atom. The first-order chi connectivity index (χ1) is 7.75. The summed E-state index contributed by atoms with van der Waals surface area (Å²) in [6, 6.07) is 7.15. The number of likely N-dealkylation sites (N-methyl/N-ethyl adjacent to an activating group) is 1. The van der Waals surface area contributed by atoms with Crippen LogP contribution in [0.5, 0.6) is 0 Å². The van der Waals surface area contributed by atoms with Crippen LogP contribution in [0.15, 0.2) is 30.6 Å². The fourth-order valence-electron chi connectivity index (χ4n) is 2.11. The Balaban J connectivity index is 0.000000181. The number of pyridine rings is 1. The molecule has 3 nitrogen and oxygen atoms in total. The van der Waals surface area contributed by atoms with Crippen molar-refractivity contribution in [1.82, 2.24) is 15.2 Å². The summed E-state index contributed by atoms with van der Waals surface area (Å²) in [5, 5.41) is 3.41. The van der Waals surface area contributed by atoms with Gasteiger partial charge in [0.05, 0.1) is 0 Å². The van der Waals surface area contributed by atoms with E-state index < -0.39 is 0 Å². The van der Waals surface area contributed by atoms with Gasteiger partial charge in [-0.15, -0.1) is 0 Å². The molecule has 0 radical (unpaired) electrons. The molecule has 2 unspecified atom stereocenters. The average molecular weight is 221 g/mol. The highest BCUT2D eigenvalue weighted by atomic mass is 15.2. The Kier molecular flexibility index (Phi) is 6.04. The van der Waals surface area contributed by atoms with Crippen LogP contribution in [0.25, 0.3) is 0 Å². The molecule has 0 amide bonds. The van der Waals surface area contributed by atoms with Gasteiger partial charge in [0.1, 0.15) is 0 Å². The first-order valence-electron chi connectivity index (χ1n) is 6.07. The maximum atomic E-state index is 3.78. The van der Waals surface area contributed by atoms with Crippen LogP contribution in [0.2, 0.25) is 0 Å². The van der Waals surface area contributed by atoms with Gasteiger partial charge in [0.25, 0.3) is 0 Å². The Hall–Kier alpha value is -0.930. The molecule has 1 saturated heterocycles. The first kappa shape index (κ1) is 13.1. The molecule has 1 aliphatic rings. The molecule has 1 fully saturated rings. The van der Waals surface area contributed by atoms with Crippen LogP contribution < -0.4 is 5.32 Å². The highest BCUT2D eigenvalue weighted by Gasteiger charge is 2.21. The second kappa shape index (κ2) is 7.36. The summed E-state index contributed by atoms with van der Waals surface area (Å²) in [6.07, 6.45) is 3.50. The normalized spacial score (nSPS) is 25.7. The van der Waals surface area contributed by atoms with Gasteiger partial charge in [-0.3, -0.25) is 9.88 Å². The number of rotatable bonds is 1. The minimum Gasteiger partial charge on any atom is -0.314 e. The minimum absolute atomic E-state index is 0.716. The predicted octanol–water partition coefficient (Wildman–Crippen LogP) is 1.77. The molecule has 1 N–H and O–H groups in total. The van der Waals surface area contributed by atoms with E-state index in [4.69, 9.17) is 0 Å². The van der Waals surface area contributed by atoms with Gasteiger partial charge in [0.2, 0.25) is 0 Å². The molecular weight excluding hydrogens is 198 g/mol. The number of piperazine rings is 1. The Labute approximate surface area is 98.9 Å². The van der Waals surface area contributed by atoms with Crippen LogP contribution in [0, 0.1) is 0 Å². The summed E-state index contributed by atoms with van der Waals surface area (Å²) in [4.78, 5) is 6.32. The molecule has 2 rings (SSSR count). The summed E-state index contributed by atoms with van der Waals surface area (Å²) in [6.45, 7) is 10.3. The van der Waals surface area contributed by atoms with Crippen LogP contribution in [-0.2, 0) is 0 Å². The van der Waals surface area contributed by atoms with E-state index in [1.807, 2.05) is 18.2 Å². The molecule has 0 bridgehead atoms. The van der Waals surface area contributed by atoms with Crippen molar-refractivity contribution in [2.45, 2.75) is 32.9 Å². The van der Waals surface area contributed by atoms with E-state index in [0.29, 0.717) is 12.1 Å². The van der Waals surface area contributed by atoms with Gasteiger partial charge in [-0.1, -0.05) is 13.0 Å². The van der Waals surface area contributed by atoms with Crippen molar-refractivity contribution in [3.05, 3.63) is 30.6 Å². The van der Waals surface area contributed by atoms with Crippen LogP contribution in [-0.4, -0.2) is 41.6 Å². The van der Waals surface area contributed by atoms with E-state index in [9.17, 15) is 0 Å². The van der Waals surface area contributed by atoms with Crippen LogP contribution in [0.1, 0.15) is 20.8 Å². The van der Waals surface area contributed by atoms with Gasteiger partial charge < -0.3 is 5.32 Å². The molecule has 90 valence electrons. The minimum atomic E-state index is 0.716. The van der Waals surface area contributed by atoms with Crippen molar-refractivity contribution >= 4 is 0 Å².